The molecule has 6 nitrogen and oxygen atoms in total. The van der Waals surface area contributed by atoms with Crippen LogP contribution in [0.15, 0.2) is 0 Å². The Morgan fingerprint density at radius 2 is 1.60 bits per heavy atom. The van der Waals surface area contributed by atoms with Crippen molar-refractivity contribution in [2.75, 3.05) is 19.8 Å². The highest BCUT2D eigenvalue weighted by molar-refractivity contribution is 7.52. The van der Waals surface area contributed by atoms with E-state index in [1.54, 1.807) is 20.8 Å². The Labute approximate surface area is 121 Å². The van der Waals surface area contributed by atoms with Crippen molar-refractivity contribution < 1.29 is 23.1 Å². The first kappa shape index (κ1) is 17.5. The lowest BCUT2D eigenvalue weighted by Gasteiger charge is -2.36. The first-order valence-electron chi connectivity index (χ1n) is 7.44. The van der Waals surface area contributed by atoms with Gasteiger partial charge in [0, 0.05) is 6.04 Å². The maximum Gasteiger partial charge on any atom is 0.440 e. The molecule has 1 saturated carbocycles. The van der Waals surface area contributed by atoms with Gasteiger partial charge < -0.3 is 4.74 Å². The van der Waals surface area contributed by atoms with Crippen molar-refractivity contribution >= 4 is 13.8 Å². The van der Waals surface area contributed by atoms with E-state index in [2.05, 4.69) is 0 Å². The monoisotopic (exact) mass is 307 g/mol. The van der Waals surface area contributed by atoms with Gasteiger partial charge in [0.05, 0.1) is 19.8 Å². The molecule has 118 valence electrons. The summed E-state index contributed by atoms with van der Waals surface area (Å²) in [4.78, 5) is 12.2. The lowest BCUT2D eigenvalue weighted by atomic mass is 9.96. The SMILES string of the molecule is CCOC(=O)N(C1CCCCC1)P(=O)(OCC)OCC. The van der Waals surface area contributed by atoms with E-state index >= 15 is 0 Å². The van der Waals surface area contributed by atoms with Gasteiger partial charge in [-0.2, -0.15) is 0 Å². The Morgan fingerprint density at radius 3 is 2.05 bits per heavy atom. The number of carbonyl (C=O) groups excluding carboxylic acids is 1. The quantitative estimate of drug-likeness (QED) is 0.666. The Balaban J connectivity index is 2.99. The van der Waals surface area contributed by atoms with Crippen molar-refractivity contribution in [3.63, 3.8) is 0 Å². The van der Waals surface area contributed by atoms with Crippen molar-refractivity contribution in [2.24, 2.45) is 0 Å². The molecular weight excluding hydrogens is 281 g/mol. The largest absolute Gasteiger partial charge is 0.449 e. The first-order valence-corrected chi connectivity index (χ1v) is 8.94. The standard InChI is InChI=1S/C13H26NO5P/c1-4-17-13(15)14(12-10-8-7-9-11-12)20(16,18-5-2)19-6-3/h12H,4-11H2,1-3H3. The van der Waals surface area contributed by atoms with E-state index in [0.29, 0.717) is 0 Å². The van der Waals surface area contributed by atoms with Gasteiger partial charge in [-0.25, -0.2) is 14.0 Å². The van der Waals surface area contributed by atoms with Gasteiger partial charge in [0.2, 0.25) is 0 Å². The molecule has 0 N–H and O–H groups in total. The van der Waals surface area contributed by atoms with Crippen LogP contribution in [0.2, 0.25) is 0 Å². The minimum absolute atomic E-state index is 0.133. The fourth-order valence-corrected chi connectivity index (χ4v) is 4.32. The van der Waals surface area contributed by atoms with Crippen LogP contribution in [-0.2, 0) is 18.3 Å². The van der Waals surface area contributed by atoms with E-state index in [4.69, 9.17) is 13.8 Å². The molecule has 0 aliphatic heterocycles. The average molecular weight is 307 g/mol. The lowest BCUT2D eigenvalue weighted by molar-refractivity contribution is 0.0883. The fourth-order valence-electron chi connectivity index (χ4n) is 2.45. The van der Waals surface area contributed by atoms with Crippen LogP contribution in [0, 0.1) is 0 Å². The molecule has 0 spiro atoms. The summed E-state index contributed by atoms with van der Waals surface area (Å²) in [7, 11) is -3.62. The zero-order chi connectivity index (χ0) is 15.0. The summed E-state index contributed by atoms with van der Waals surface area (Å²) < 4.78 is 29.8. The van der Waals surface area contributed by atoms with Crippen LogP contribution in [0.1, 0.15) is 52.9 Å². The highest BCUT2D eigenvalue weighted by Gasteiger charge is 2.43. The van der Waals surface area contributed by atoms with Crippen molar-refractivity contribution in [1.82, 2.24) is 4.67 Å². The van der Waals surface area contributed by atoms with Crippen molar-refractivity contribution in [3.05, 3.63) is 0 Å². The van der Waals surface area contributed by atoms with Gasteiger partial charge in [-0.05, 0) is 33.6 Å². The molecule has 20 heavy (non-hydrogen) atoms. The van der Waals surface area contributed by atoms with Gasteiger partial charge in [0.25, 0.3) is 0 Å². The smallest absolute Gasteiger partial charge is 0.440 e. The van der Waals surface area contributed by atoms with E-state index in [-0.39, 0.29) is 25.9 Å². The number of amides is 1. The molecule has 0 bridgehead atoms. The van der Waals surface area contributed by atoms with E-state index in [0.717, 1.165) is 32.1 Å². The summed E-state index contributed by atoms with van der Waals surface area (Å²) in [5, 5.41) is 0. The molecule has 0 atom stereocenters. The highest BCUT2D eigenvalue weighted by Crippen LogP contribution is 2.55. The summed E-state index contributed by atoms with van der Waals surface area (Å²) in [5.74, 6) is 0. The number of carbonyl (C=O) groups is 1. The van der Waals surface area contributed by atoms with E-state index in [1.807, 2.05) is 0 Å². The molecule has 7 heteroatoms. The minimum Gasteiger partial charge on any atom is -0.449 e. The molecule has 1 aliphatic carbocycles. The van der Waals surface area contributed by atoms with E-state index in [1.165, 1.54) is 4.67 Å². The maximum absolute atomic E-state index is 12.9. The third kappa shape index (κ3) is 4.47. The van der Waals surface area contributed by atoms with Crippen molar-refractivity contribution in [3.8, 4) is 0 Å². The van der Waals surface area contributed by atoms with Gasteiger partial charge in [0.1, 0.15) is 0 Å². The fraction of sp³-hybridized carbons (Fsp3) is 0.923. The number of hydrogen-bond donors (Lipinski definition) is 0. The molecule has 0 saturated heterocycles. The maximum atomic E-state index is 12.9. The van der Waals surface area contributed by atoms with Crippen LogP contribution in [0.5, 0.6) is 0 Å². The molecule has 1 aliphatic rings. The molecule has 1 amide bonds. The summed E-state index contributed by atoms with van der Waals surface area (Å²) in [6.07, 6.45) is 4.18. The van der Waals surface area contributed by atoms with Crippen molar-refractivity contribution in [2.45, 2.75) is 58.9 Å². The summed E-state index contributed by atoms with van der Waals surface area (Å²) >= 11 is 0. The molecule has 0 heterocycles. The third-order valence-electron chi connectivity index (χ3n) is 3.22. The topological polar surface area (TPSA) is 65.1 Å². The number of nitrogens with zero attached hydrogens (tertiary/aromatic N) is 1. The number of ether oxygens (including phenoxy) is 1. The van der Waals surface area contributed by atoms with Gasteiger partial charge in [-0.1, -0.05) is 19.3 Å². The Hall–Kier alpha value is -0.580. The molecule has 1 fully saturated rings. The first-order chi connectivity index (χ1) is 9.59. The summed E-state index contributed by atoms with van der Waals surface area (Å²) in [6.45, 7) is 5.87. The Morgan fingerprint density at radius 1 is 1.05 bits per heavy atom. The predicted molar refractivity (Wildman–Crippen MR) is 76.6 cm³/mol. The van der Waals surface area contributed by atoms with Crippen LogP contribution in [-0.4, -0.2) is 36.6 Å². The molecule has 0 aromatic heterocycles. The Bertz CT molecular complexity index is 334. The number of rotatable bonds is 7. The van der Waals surface area contributed by atoms with Gasteiger partial charge >= 0.3 is 13.8 Å². The van der Waals surface area contributed by atoms with Crippen LogP contribution < -0.4 is 0 Å². The molecule has 0 aromatic rings. The van der Waals surface area contributed by atoms with E-state index in [9.17, 15) is 9.36 Å². The Kier molecular flexibility index (Phi) is 7.56. The lowest BCUT2D eigenvalue weighted by Crippen LogP contribution is -2.40. The third-order valence-corrected chi connectivity index (χ3v) is 5.41. The van der Waals surface area contributed by atoms with Crippen LogP contribution in [0.4, 0.5) is 4.79 Å². The van der Waals surface area contributed by atoms with Crippen molar-refractivity contribution in [1.29, 1.82) is 0 Å². The molecule has 0 unspecified atom stereocenters. The predicted octanol–water partition coefficient (Wildman–Crippen LogP) is 3.96. The van der Waals surface area contributed by atoms with E-state index < -0.39 is 13.8 Å². The van der Waals surface area contributed by atoms with Crippen LogP contribution >= 0.6 is 7.75 Å². The zero-order valence-electron chi connectivity index (χ0n) is 12.7. The number of hydrogen-bond acceptors (Lipinski definition) is 5. The second-order valence-corrected chi connectivity index (χ2v) is 6.52. The van der Waals surface area contributed by atoms with Crippen LogP contribution in [0.25, 0.3) is 0 Å². The zero-order valence-corrected chi connectivity index (χ0v) is 13.6. The van der Waals surface area contributed by atoms with Crippen LogP contribution in [0.3, 0.4) is 0 Å². The highest BCUT2D eigenvalue weighted by atomic mass is 31.2. The molecule has 1 rings (SSSR count). The minimum atomic E-state index is -3.62. The van der Waals surface area contributed by atoms with Gasteiger partial charge in [-0.15, -0.1) is 0 Å². The summed E-state index contributed by atoms with van der Waals surface area (Å²) in [6, 6.07) is -0.133. The normalized spacial score (nSPS) is 16.9. The van der Waals surface area contributed by atoms with Gasteiger partial charge in [0.15, 0.2) is 0 Å². The second-order valence-electron chi connectivity index (χ2n) is 4.64. The summed E-state index contributed by atoms with van der Waals surface area (Å²) in [5.41, 5.74) is 0. The molecule has 0 radical (unpaired) electrons. The molecular formula is C13H26NO5P. The van der Waals surface area contributed by atoms with Gasteiger partial charge in [-0.3, -0.25) is 9.05 Å². The molecule has 0 aromatic carbocycles. The average Bonchev–Trinajstić information content (AvgIpc) is 2.40. The second kappa shape index (κ2) is 8.65.